The van der Waals surface area contributed by atoms with Crippen LogP contribution in [-0.4, -0.2) is 5.71 Å². The van der Waals surface area contributed by atoms with Gasteiger partial charge >= 0.3 is 0 Å². The molecule has 136 valence electrons. The normalized spacial score (nSPS) is 22.2. The minimum atomic E-state index is -0.131. The van der Waals surface area contributed by atoms with Crippen molar-refractivity contribution in [1.29, 1.82) is 5.26 Å². The van der Waals surface area contributed by atoms with Crippen molar-refractivity contribution in [2.24, 2.45) is 16.8 Å². The predicted octanol–water partition coefficient (Wildman–Crippen LogP) is 5.76. The SMILES string of the molecule is C=C\C=C(NC1=CC(C#N)C(C)C=C1)/C(=C\C)/N=C(\C=C/C)C(/C)=C/C. The van der Waals surface area contributed by atoms with Crippen LogP contribution in [0.15, 0.2) is 88.9 Å². The molecule has 1 rings (SSSR count). The Labute approximate surface area is 158 Å². The Kier molecular flexibility index (Phi) is 8.87. The lowest BCUT2D eigenvalue weighted by Crippen LogP contribution is -2.19. The van der Waals surface area contributed by atoms with Gasteiger partial charge in [0.25, 0.3) is 0 Å². The number of nitriles is 1. The maximum Gasteiger partial charge on any atom is 0.0829 e. The van der Waals surface area contributed by atoms with Crippen LogP contribution in [-0.2, 0) is 0 Å². The molecule has 2 unspecified atom stereocenters. The van der Waals surface area contributed by atoms with E-state index in [4.69, 9.17) is 4.99 Å². The number of nitrogens with one attached hydrogen (secondary N) is 1. The molecule has 0 amide bonds. The fourth-order valence-electron chi connectivity index (χ4n) is 2.45. The van der Waals surface area contributed by atoms with E-state index in [2.05, 4.69) is 24.0 Å². The smallest absolute Gasteiger partial charge is 0.0829 e. The summed E-state index contributed by atoms with van der Waals surface area (Å²) >= 11 is 0. The highest BCUT2D eigenvalue weighted by Gasteiger charge is 2.17. The molecule has 0 saturated carbocycles. The second-order valence-corrected chi connectivity index (χ2v) is 6.08. The van der Waals surface area contributed by atoms with Crippen molar-refractivity contribution in [2.75, 3.05) is 0 Å². The Morgan fingerprint density at radius 1 is 1.31 bits per heavy atom. The van der Waals surface area contributed by atoms with E-state index in [1.807, 2.05) is 77.2 Å². The Bertz CT molecular complexity index is 762. The van der Waals surface area contributed by atoms with Crippen molar-refractivity contribution in [2.45, 2.75) is 34.6 Å². The molecule has 0 spiro atoms. The molecular formula is C23H29N3. The third-order valence-corrected chi connectivity index (χ3v) is 4.17. The van der Waals surface area contributed by atoms with Gasteiger partial charge in [0.2, 0.25) is 0 Å². The lowest BCUT2D eigenvalue weighted by atomic mass is 9.90. The van der Waals surface area contributed by atoms with Crippen LogP contribution in [0.3, 0.4) is 0 Å². The van der Waals surface area contributed by atoms with Gasteiger partial charge in [0.1, 0.15) is 0 Å². The highest BCUT2D eigenvalue weighted by molar-refractivity contribution is 6.08. The van der Waals surface area contributed by atoms with E-state index in [1.54, 1.807) is 6.08 Å². The fraction of sp³-hybridized carbons (Fsp3) is 0.304. The van der Waals surface area contributed by atoms with Gasteiger partial charge in [0, 0.05) is 5.70 Å². The molecule has 0 aromatic rings. The average Bonchev–Trinajstić information content (AvgIpc) is 2.65. The van der Waals surface area contributed by atoms with E-state index in [9.17, 15) is 5.26 Å². The summed E-state index contributed by atoms with van der Waals surface area (Å²) in [7, 11) is 0. The third-order valence-electron chi connectivity index (χ3n) is 4.17. The average molecular weight is 348 g/mol. The minimum absolute atomic E-state index is 0.131. The van der Waals surface area contributed by atoms with Crippen LogP contribution in [0.4, 0.5) is 0 Å². The number of allylic oxidation sites excluding steroid dienone is 10. The van der Waals surface area contributed by atoms with Crippen LogP contribution in [0.2, 0.25) is 0 Å². The second-order valence-electron chi connectivity index (χ2n) is 6.08. The molecule has 3 heteroatoms. The quantitative estimate of drug-likeness (QED) is 0.470. The van der Waals surface area contributed by atoms with Crippen LogP contribution in [0.25, 0.3) is 0 Å². The van der Waals surface area contributed by atoms with E-state index in [0.717, 1.165) is 28.4 Å². The summed E-state index contributed by atoms with van der Waals surface area (Å²) in [5.74, 6) is 0.0871. The Balaban J connectivity index is 3.23. The molecule has 26 heavy (non-hydrogen) atoms. The summed E-state index contributed by atoms with van der Waals surface area (Å²) in [6.07, 6.45) is 17.6. The van der Waals surface area contributed by atoms with Gasteiger partial charge in [-0.3, -0.25) is 0 Å². The molecular weight excluding hydrogens is 318 g/mol. The number of hydrogen-bond acceptors (Lipinski definition) is 3. The lowest BCUT2D eigenvalue weighted by molar-refractivity contribution is 0.607. The van der Waals surface area contributed by atoms with E-state index in [1.165, 1.54) is 0 Å². The minimum Gasteiger partial charge on any atom is -0.354 e. The molecule has 3 nitrogen and oxygen atoms in total. The monoisotopic (exact) mass is 347 g/mol. The Morgan fingerprint density at radius 3 is 2.58 bits per heavy atom. The van der Waals surface area contributed by atoms with Gasteiger partial charge in [-0.25, -0.2) is 4.99 Å². The summed E-state index contributed by atoms with van der Waals surface area (Å²) in [6, 6.07) is 2.34. The fourth-order valence-corrected chi connectivity index (χ4v) is 2.45. The van der Waals surface area contributed by atoms with Crippen molar-refractivity contribution >= 4 is 5.71 Å². The molecule has 1 N–H and O–H groups in total. The number of aliphatic imine (C=N–C) groups is 1. The topological polar surface area (TPSA) is 48.2 Å². The molecule has 0 aromatic heterocycles. The highest BCUT2D eigenvalue weighted by Crippen LogP contribution is 2.23. The predicted molar refractivity (Wildman–Crippen MR) is 112 cm³/mol. The van der Waals surface area contributed by atoms with Crippen LogP contribution in [0.1, 0.15) is 34.6 Å². The molecule has 0 bridgehead atoms. The summed E-state index contributed by atoms with van der Waals surface area (Å²) in [5.41, 5.74) is 4.58. The molecule has 0 fully saturated rings. The first-order valence-corrected chi connectivity index (χ1v) is 8.91. The molecule has 0 aliphatic heterocycles. The summed E-state index contributed by atoms with van der Waals surface area (Å²) in [4.78, 5) is 4.82. The van der Waals surface area contributed by atoms with E-state index < -0.39 is 0 Å². The van der Waals surface area contributed by atoms with Gasteiger partial charge in [-0.1, -0.05) is 43.9 Å². The van der Waals surface area contributed by atoms with Gasteiger partial charge < -0.3 is 5.32 Å². The third kappa shape index (κ3) is 5.89. The van der Waals surface area contributed by atoms with Gasteiger partial charge in [-0.2, -0.15) is 5.26 Å². The lowest BCUT2D eigenvalue weighted by Gasteiger charge is -2.20. The molecule has 2 atom stereocenters. The van der Waals surface area contributed by atoms with Crippen LogP contribution < -0.4 is 5.32 Å². The number of hydrogen-bond donors (Lipinski definition) is 1. The van der Waals surface area contributed by atoms with Gasteiger partial charge in [0.15, 0.2) is 0 Å². The number of nitrogens with zero attached hydrogens (tertiary/aromatic N) is 2. The summed E-state index contributed by atoms with van der Waals surface area (Å²) < 4.78 is 0. The standard InChI is InChI=1S/C23H29N3/c1-7-11-22(17(5)9-3)26-21(10-4)23(12-8-2)25-20-14-13-18(6)19(15-20)16-24/h7-15,18-19,25H,2H2,1,3-6H3/b11-7-,17-9+,21-10+,23-12+,26-22+. The van der Waals surface area contributed by atoms with Crippen LogP contribution >= 0.6 is 0 Å². The van der Waals surface area contributed by atoms with Gasteiger partial charge in [0.05, 0.1) is 29.1 Å². The maximum absolute atomic E-state index is 9.30. The van der Waals surface area contributed by atoms with Crippen molar-refractivity contribution in [3.05, 3.63) is 83.9 Å². The first-order chi connectivity index (χ1) is 12.5. The van der Waals surface area contributed by atoms with E-state index in [-0.39, 0.29) is 11.8 Å². The van der Waals surface area contributed by atoms with Crippen LogP contribution in [0, 0.1) is 23.2 Å². The van der Waals surface area contributed by atoms with Gasteiger partial charge in [-0.15, -0.1) is 0 Å². The molecule has 0 radical (unpaired) electrons. The first-order valence-electron chi connectivity index (χ1n) is 8.91. The maximum atomic E-state index is 9.30. The molecule has 0 aromatic carbocycles. The van der Waals surface area contributed by atoms with Crippen LogP contribution in [0.5, 0.6) is 0 Å². The first kappa shape index (κ1) is 21.2. The largest absolute Gasteiger partial charge is 0.354 e. The molecule has 1 aliphatic carbocycles. The molecule has 0 saturated heterocycles. The van der Waals surface area contributed by atoms with Gasteiger partial charge in [-0.05, 0) is 63.5 Å². The van der Waals surface area contributed by atoms with Crippen molar-refractivity contribution < 1.29 is 0 Å². The van der Waals surface area contributed by atoms with E-state index >= 15 is 0 Å². The highest BCUT2D eigenvalue weighted by atomic mass is 14.9. The zero-order valence-electron chi connectivity index (χ0n) is 16.5. The zero-order chi connectivity index (χ0) is 19.5. The second kappa shape index (κ2) is 10.9. The van der Waals surface area contributed by atoms with E-state index in [0.29, 0.717) is 0 Å². The van der Waals surface area contributed by atoms with Crippen molar-refractivity contribution in [3.63, 3.8) is 0 Å². The zero-order valence-corrected chi connectivity index (χ0v) is 16.5. The number of rotatable bonds is 7. The summed E-state index contributed by atoms with van der Waals surface area (Å²) in [5, 5.41) is 12.7. The Morgan fingerprint density at radius 2 is 2.04 bits per heavy atom. The summed E-state index contributed by atoms with van der Waals surface area (Å²) in [6.45, 7) is 13.8. The van der Waals surface area contributed by atoms with Crippen molar-refractivity contribution in [3.8, 4) is 6.07 Å². The molecule has 0 heterocycles. The Hall–Kier alpha value is -2.86. The van der Waals surface area contributed by atoms with Crippen molar-refractivity contribution in [1.82, 2.24) is 5.32 Å². The molecule has 1 aliphatic rings.